The predicted octanol–water partition coefficient (Wildman–Crippen LogP) is 3.16. The number of nitrogens with one attached hydrogen (secondary N) is 1. The molecule has 0 aromatic heterocycles. The summed E-state index contributed by atoms with van der Waals surface area (Å²) >= 11 is 0. The zero-order chi connectivity index (χ0) is 22.4. The minimum absolute atomic E-state index is 0.337. The van der Waals surface area contributed by atoms with Crippen LogP contribution in [-0.2, 0) is 21.4 Å². The fourth-order valence-corrected chi connectivity index (χ4v) is 5.03. The number of sulfonamides is 1. The van der Waals surface area contributed by atoms with Gasteiger partial charge in [-0.05, 0) is 68.1 Å². The standard InChI is InChI=1S/C23H31N3O4S/c1-18(26(31(3,28)29)21-11-13-22(30-2)14-12-21)23(27)24-17-19-7-9-20(10-8-19)25-15-5-4-6-16-25/h7-14,18H,4-6,15-17H2,1-3H3,(H,24,27)/t18-/m1/s1. The van der Waals surface area contributed by atoms with Crippen molar-refractivity contribution in [2.45, 2.75) is 38.8 Å². The highest BCUT2D eigenvalue weighted by atomic mass is 32.2. The average molecular weight is 446 g/mol. The van der Waals surface area contributed by atoms with Crippen LogP contribution in [-0.4, -0.2) is 46.8 Å². The molecule has 0 bridgehead atoms. The van der Waals surface area contributed by atoms with Crippen LogP contribution in [0.5, 0.6) is 5.75 Å². The van der Waals surface area contributed by atoms with Gasteiger partial charge in [0, 0.05) is 25.3 Å². The molecule has 0 saturated carbocycles. The molecule has 1 fully saturated rings. The number of hydrogen-bond acceptors (Lipinski definition) is 5. The van der Waals surface area contributed by atoms with Crippen LogP contribution < -0.4 is 19.3 Å². The molecule has 31 heavy (non-hydrogen) atoms. The summed E-state index contributed by atoms with van der Waals surface area (Å²) in [4.78, 5) is 15.1. The quantitative estimate of drug-likeness (QED) is 0.675. The maximum absolute atomic E-state index is 12.8. The van der Waals surface area contributed by atoms with Gasteiger partial charge in [-0.25, -0.2) is 8.42 Å². The van der Waals surface area contributed by atoms with Crippen molar-refractivity contribution >= 4 is 27.3 Å². The Bertz CT molecular complexity index is 969. The molecular formula is C23H31N3O4S. The molecule has 3 rings (SSSR count). The van der Waals surface area contributed by atoms with Crippen LogP contribution >= 0.6 is 0 Å². The molecule has 2 aromatic carbocycles. The van der Waals surface area contributed by atoms with Gasteiger partial charge < -0.3 is 15.0 Å². The molecule has 0 radical (unpaired) electrons. The molecule has 1 amide bonds. The van der Waals surface area contributed by atoms with Gasteiger partial charge >= 0.3 is 0 Å². The zero-order valence-corrected chi connectivity index (χ0v) is 19.2. The second-order valence-corrected chi connectivity index (χ2v) is 9.72. The van der Waals surface area contributed by atoms with E-state index in [4.69, 9.17) is 4.74 Å². The SMILES string of the molecule is COc1ccc(N([C@H](C)C(=O)NCc2ccc(N3CCCCC3)cc2)S(C)(=O)=O)cc1. The number of rotatable bonds is 8. The van der Waals surface area contributed by atoms with Crippen molar-refractivity contribution in [2.24, 2.45) is 0 Å². The number of nitrogens with zero attached hydrogens (tertiary/aromatic N) is 2. The highest BCUT2D eigenvalue weighted by Crippen LogP contribution is 2.24. The van der Waals surface area contributed by atoms with E-state index in [1.165, 1.54) is 24.9 Å². The van der Waals surface area contributed by atoms with Crippen LogP contribution in [0.25, 0.3) is 0 Å². The predicted molar refractivity (Wildman–Crippen MR) is 124 cm³/mol. The Morgan fingerprint density at radius 2 is 1.68 bits per heavy atom. The number of ether oxygens (including phenoxy) is 1. The third-order valence-corrected chi connectivity index (χ3v) is 6.78. The van der Waals surface area contributed by atoms with Crippen LogP contribution in [0.15, 0.2) is 48.5 Å². The van der Waals surface area contributed by atoms with Crippen LogP contribution in [0.3, 0.4) is 0 Å². The maximum atomic E-state index is 12.8. The maximum Gasteiger partial charge on any atom is 0.243 e. The van der Waals surface area contributed by atoms with E-state index in [1.807, 2.05) is 12.1 Å². The Balaban J connectivity index is 1.64. The molecule has 1 heterocycles. The lowest BCUT2D eigenvalue weighted by Crippen LogP contribution is -2.47. The molecule has 1 aliphatic heterocycles. The van der Waals surface area contributed by atoms with Gasteiger partial charge in [-0.2, -0.15) is 0 Å². The number of piperidine rings is 1. The van der Waals surface area contributed by atoms with Gasteiger partial charge in [0.2, 0.25) is 15.9 Å². The van der Waals surface area contributed by atoms with E-state index in [0.717, 1.165) is 29.2 Å². The highest BCUT2D eigenvalue weighted by Gasteiger charge is 2.29. The third kappa shape index (κ3) is 5.91. The lowest BCUT2D eigenvalue weighted by molar-refractivity contribution is -0.122. The third-order valence-electron chi connectivity index (χ3n) is 5.54. The van der Waals surface area contributed by atoms with Gasteiger partial charge in [-0.15, -0.1) is 0 Å². The first-order chi connectivity index (χ1) is 14.8. The van der Waals surface area contributed by atoms with E-state index in [1.54, 1.807) is 38.3 Å². The van der Waals surface area contributed by atoms with E-state index in [0.29, 0.717) is 18.0 Å². The number of methoxy groups -OCH3 is 1. The molecule has 0 aliphatic carbocycles. The molecular weight excluding hydrogens is 414 g/mol. The molecule has 8 heteroatoms. The molecule has 1 saturated heterocycles. The Kier molecular flexibility index (Phi) is 7.43. The summed E-state index contributed by atoms with van der Waals surface area (Å²) in [5.41, 5.74) is 2.58. The fourth-order valence-electron chi connectivity index (χ4n) is 3.85. The van der Waals surface area contributed by atoms with E-state index < -0.39 is 16.1 Å². The van der Waals surface area contributed by atoms with Crippen molar-refractivity contribution in [1.29, 1.82) is 0 Å². The summed E-state index contributed by atoms with van der Waals surface area (Å²) < 4.78 is 31.1. The fraction of sp³-hybridized carbons (Fsp3) is 0.435. The van der Waals surface area contributed by atoms with Crippen LogP contribution in [0.1, 0.15) is 31.7 Å². The van der Waals surface area contributed by atoms with Crippen molar-refractivity contribution in [3.05, 3.63) is 54.1 Å². The monoisotopic (exact) mass is 445 g/mol. The van der Waals surface area contributed by atoms with Gasteiger partial charge in [0.05, 0.1) is 19.1 Å². The summed E-state index contributed by atoms with van der Waals surface area (Å²) in [6.07, 6.45) is 4.83. The summed E-state index contributed by atoms with van der Waals surface area (Å²) in [5, 5.41) is 2.86. The van der Waals surface area contributed by atoms with Gasteiger partial charge in [-0.1, -0.05) is 12.1 Å². The van der Waals surface area contributed by atoms with Gasteiger partial charge in [0.25, 0.3) is 0 Å². The highest BCUT2D eigenvalue weighted by molar-refractivity contribution is 7.92. The van der Waals surface area contributed by atoms with Crippen molar-refractivity contribution in [1.82, 2.24) is 5.32 Å². The first-order valence-corrected chi connectivity index (χ1v) is 12.4. The van der Waals surface area contributed by atoms with E-state index in [2.05, 4.69) is 22.3 Å². The molecule has 1 N–H and O–H groups in total. The number of benzene rings is 2. The van der Waals surface area contributed by atoms with Crippen LogP contribution in [0, 0.1) is 0 Å². The van der Waals surface area contributed by atoms with Crippen molar-refractivity contribution < 1.29 is 17.9 Å². The number of carbonyl (C=O) groups excluding carboxylic acids is 1. The second-order valence-electron chi connectivity index (χ2n) is 7.86. The van der Waals surface area contributed by atoms with Crippen molar-refractivity contribution in [3.63, 3.8) is 0 Å². The van der Waals surface area contributed by atoms with Crippen LogP contribution in [0.4, 0.5) is 11.4 Å². The molecule has 1 atom stereocenters. The molecule has 0 spiro atoms. The number of anilines is 2. The normalized spacial score (nSPS) is 15.3. The minimum Gasteiger partial charge on any atom is -0.497 e. The van der Waals surface area contributed by atoms with Gasteiger partial charge in [0.1, 0.15) is 11.8 Å². The van der Waals surface area contributed by atoms with Gasteiger partial charge in [0.15, 0.2) is 0 Å². The first kappa shape index (κ1) is 22.9. The zero-order valence-electron chi connectivity index (χ0n) is 18.4. The Labute approximate surface area is 185 Å². The van der Waals surface area contributed by atoms with E-state index >= 15 is 0 Å². The molecule has 2 aromatic rings. The molecule has 7 nitrogen and oxygen atoms in total. The second kappa shape index (κ2) is 10.0. The number of amides is 1. The summed E-state index contributed by atoms with van der Waals surface area (Å²) in [5.74, 6) is 0.253. The number of carbonyl (C=O) groups is 1. The average Bonchev–Trinajstić information content (AvgIpc) is 2.78. The topological polar surface area (TPSA) is 79.0 Å². The smallest absolute Gasteiger partial charge is 0.243 e. The Morgan fingerprint density at radius 3 is 2.23 bits per heavy atom. The largest absolute Gasteiger partial charge is 0.497 e. The van der Waals surface area contributed by atoms with Crippen LogP contribution in [0.2, 0.25) is 0 Å². The summed E-state index contributed by atoms with van der Waals surface area (Å²) in [6.45, 7) is 4.09. The summed E-state index contributed by atoms with van der Waals surface area (Å²) in [6, 6.07) is 13.9. The Morgan fingerprint density at radius 1 is 1.06 bits per heavy atom. The van der Waals surface area contributed by atoms with Gasteiger partial charge in [-0.3, -0.25) is 9.10 Å². The molecule has 0 unspecified atom stereocenters. The minimum atomic E-state index is -3.66. The molecule has 1 aliphatic rings. The van der Waals surface area contributed by atoms with Crippen molar-refractivity contribution in [3.8, 4) is 5.75 Å². The number of hydrogen-bond donors (Lipinski definition) is 1. The lowest BCUT2D eigenvalue weighted by atomic mass is 10.1. The summed E-state index contributed by atoms with van der Waals surface area (Å²) in [7, 11) is -2.12. The Hall–Kier alpha value is -2.74. The van der Waals surface area contributed by atoms with Crippen molar-refractivity contribution in [2.75, 3.05) is 35.7 Å². The van der Waals surface area contributed by atoms with E-state index in [9.17, 15) is 13.2 Å². The van der Waals surface area contributed by atoms with E-state index in [-0.39, 0.29) is 5.91 Å². The lowest BCUT2D eigenvalue weighted by Gasteiger charge is -2.29. The first-order valence-electron chi connectivity index (χ1n) is 10.5. The molecule has 168 valence electrons.